The first kappa shape index (κ1) is 17.0. The van der Waals surface area contributed by atoms with Crippen LogP contribution in [-0.2, 0) is 11.0 Å². The number of hydrogen-bond acceptors (Lipinski definition) is 4. The van der Waals surface area contributed by atoms with E-state index in [2.05, 4.69) is 9.97 Å². The van der Waals surface area contributed by atoms with Crippen LogP contribution in [0.2, 0.25) is 0 Å². The Bertz CT molecular complexity index is 603. The van der Waals surface area contributed by atoms with Crippen molar-refractivity contribution in [3.63, 3.8) is 0 Å². The van der Waals surface area contributed by atoms with Gasteiger partial charge in [0.1, 0.15) is 6.54 Å². The van der Waals surface area contributed by atoms with Crippen LogP contribution in [0.25, 0.3) is 0 Å². The zero-order valence-corrected chi connectivity index (χ0v) is 12.4. The van der Waals surface area contributed by atoms with E-state index in [9.17, 15) is 22.8 Å². The Morgan fingerprint density at radius 1 is 1.39 bits per heavy atom. The maximum Gasteiger partial charge on any atom is 0.419 e. The van der Waals surface area contributed by atoms with Gasteiger partial charge in [-0.15, -0.1) is 0 Å². The fraction of sp³-hybridized carbons (Fsp3) is 0.538. The molecule has 1 fully saturated rings. The van der Waals surface area contributed by atoms with Gasteiger partial charge in [-0.25, -0.2) is 14.8 Å². The van der Waals surface area contributed by atoms with Crippen LogP contribution in [0.3, 0.4) is 0 Å². The highest BCUT2D eigenvalue weighted by Crippen LogP contribution is 2.30. The molecule has 0 aromatic carbocycles. The summed E-state index contributed by atoms with van der Waals surface area (Å²) in [6, 6.07) is -1.02. The number of rotatable bonds is 4. The van der Waals surface area contributed by atoms with Gasteiger partial charge in [0.2, 0.25) is 5.95 Å². The molecule has 1 aromatic heterocycles. The van der Waals surface area contributed by atoms with Gasteiger partial charge in [-0.05, 0) is 5.92 Å². The molecule has 2 rings (SSSR count). The van der Waals surface area contributed by atoms with Crippen molar-refractivity contribution in [1.29, 1.82) is 0 Å². The first-order chi connectivity index (χ1) is 10.6. The lowest BCUT2D eigenvalue weighted by molar-refractivity contribution is -0.138. The summed E-state index contributed by atoms with van der Waals surface area (Å²) < 4.78 is 37.5. The second-order valence-corrected chi connectivity index (χ2v) is 5.50. The summed E-state index contributed by atoms with van der Waals surface area (Å²) in [4.78, 5) is 32.6. The van der Waals surface area contributed by atoms with Gasteiger partial charge in [-0.3, -0.25) is 9.69 Å². The Balaban J connectivity index is 2.26. The normalized spacial score (nSPS) is 18.9. The summed E-state index contributed by atoms with van der Waals surface area (Å²) in [5, 5.41) is 8.91. The number of urea groups is 1. The van der Waals surface area contributed by atoms with E-state index in [1.54, 1.807) is 0 Å². The Morgan fingerprint density at radius 3 is 2.39 bits per heavy atom. The zero-order chi connectivity index (χ0) is 17.4. The summed E-state index contributed by atoms with van der Waals surface area (Å²) >= 11 is 0. The predicted molar refractivity (Wildman–Crippen MR) is 72.7 cm³/mol. The molecule has 0 unspecified atom stereocenters. The lowest BCUT2D eigenvalue weighted by Gasteiger charge is -2.23. The van der Waals surface area contributed by atoms with Crippen LogP contribution >= 0.6 is 0 Å². The molecule has 1 saturated heterocycles. The van der Waals surface area contributed by atoms with Gasteiger partial charge in [0.05, 0.1) is 18.2 Å². The minimum atomic E-state index is -4.57. The number of aliphatic carboxylic acids is 1. The van der Waals surface area contributed by atoms with Crippen LogP contribution in [0.15, 0.2) is 12.4 Å². The third kappa shape index (κ3) is 3.51. The number of hydrogen-bond donors (Lipinski definition) is 1. The second-order valence-electron chi connectivity index (χ2n) is 5.50. The predicted octanol–water partition coefficient (Wildman–Crippen LogP) is 1.85. The van der Waals surface area contributed by atoms with Gasteiger partial charge in [0.15, 0.2) is 0 Å². The van der Waals surface area contributed by atoms with Crippen LogP contribution in [0.4, 0.5) is 23.9 Å². The molecule has 1 aliphatic heterocycles. The molecule has 23 heavy (non-hydrogen) atoms. The van der Waals surface area contributed by atoms with Crippen LogP contribution in [0.1, 0.15) is 19.4 Å². The number of amides is 2. The number of carbonyl (C=O) groups excluding carboxylic acids is 1. The number of alkyl halides is 3. The Morgan fingerprint density at radius 2 is 1.96 bits per heavy atom. The Kier molecular flexibility index (Phi) is 4.44. The Labute approximate surface area is 129 Å². The second kappa shape index (κ2) is 6.01. The van der Waals surface area contributed by atoms with Crippen LogP contribution in [-0.4, -0.2) is 51.1 Å². The van der Waals surface area contributed by atoms with Gasteiger partial charge in [-0.1, -0.05) is 13.8 Å². The van der Waals surface area contributed by atoms with Crippen LogP contribution < -0.4 is 4.90 Å². The lowest BCUT2D eigenvalue weighted by Crippen LogP contribution is -2.41. The summed E-state index contributed by atoms with van der Waals surface area (Å²) in [5.74, 6) is -1.38. The van der Waals surface area contributed by atoms with Gasteiger partial charge in [0, 0.05) is 12.4 Å². The number of aromatic nitrogens is 2. The molecule has 7 nitrogen and oxygen atoms in total. The third-order valence-electron chi connectivity index (χ3n) is 3.53. The number of halogens is 3. The SMILES string of the molecule is CC(C)[C@H]1CN(c2ncc(C(F)(F)F)cn2)C(=O)N1CC(=O)O. The molecule has 0 spiro atoms. The minimum Gasteiger partial charge on any atom is -0.480 e. The summed E-state index contributed by atoms with van der Waals surface area (Å²) in [7, 11) is 0. The molecule has 0 bridgehead atoms. The molecular formula is C13H15F3N4O3. The molecule has 1 N–H and O–H groups in total. The van der Waals surface area contributed by atoms with Crippen molar-refractivity contribution in [3.05, 3.63) is 18.0 Å². The fourth-order valence-electron chi connectivity index (χ4n) is 2.34. The monoisotopic (exact) mass is 332 g/mol. The van der Waals surface area contributed by atoms with E-state index in [0.29, 0.717) is 12.4 Å². The van der Waals surface area contributed by atoms with Crippen molar-refractivity contribution in [2.75, 3.05) is 18.0 Å². The highest BCUT2D eigenvalue weighted by atomic mass is 19.4. The highest BCUT2D eigenvalue weighted by Gasteiger charge is 2.42. The van der Waals surface area contributed by atoms with E-state index in [1.165, 1.54) is 0 Å². The first-order valence-electron chi connectivity index (χ1n) is 6.80. The van der Waals surface area contributed by atoms with Crippen LogP contribution in [0.5, 0.6) is 0 Å². The van der Waals surface area contributed by atoms with Gasteiger partial charge in [0.25, 0.3) is 0 Å². The highest BCUT2D eigenvalue weighted by molar-refractivity contribution is 5.94. The molecule has 0 aliphatic carbocycles. The average molecular weight is 332 g/mol. The van der Waals surface area contributed by atoms with Crippen molar-refractivity contribution in [1.82, 2.24) is 14.9 Å². The maximum atomic E-state index is 12.5. The summed E-state index contributed by atoms with van der Waals surface area (Å²) in [6.45, 7) is 3.28. The third-order valence-corrected chi connectivity index (χ3v) is 3.53. The van der Waals surface area contributed by atoms with E-state index in [4.69, 9.17) is 5.11 Å². The maximum absolute atomic E-state index is 12.5. The zero-order valence-electron chi connectivity index (χ0n) is 12.4. The summed E-state index contributed by atoms with van der Waals surface area (Å²) in [5.41, 5.74) is -1.02. The number of carbonyl (C=O) groups is 2. The molecule has 2 amide bonds. The molecule has 0 radical (unpaired) electrons. The minimum absolute atomic E-state index is 0.0299. The van der Waals surface area contributed by atoms with E-state index in [1.807, 2.05) is 13.8 Å². The molecule has 2 heterocycles. The lowest BCUT2D eigenvalue weighted by atomic mass is 10.0. The van der Waals surface area contributed by atoms with Crippen molar-refractivity contribution in [2.45, 2.75) is 26.1 Å². The van der Waals surface area contributed by atoms with E-state index in [0.717, 1.165) is 9.80 Å². The molecule has 0 saturated carbocycles. The van der Waals surface area contributed by atoms with Gasteiger partial charge in [-0.2, -0.15) is 13.2 Å². The molecular weight excluding hydrogens is 317 g/mol. The first-order valence-corrected chi connectivity index (χ1v) is 6.80. The summed E-state index contributed by atoms with van der Waals surface area (Å²) in [6.07, 6.45) is -3.37. The van der Waals surface area contributed by atoms with E-state index >= 15 is 0 Å². The molecule has 1 aliphatic rings. The number of carboxylic acid groups (broad SMARTS) is 1. The smallest absolute Gasteiger partial charge is 0.419 e. The fourth-order valence-corrected chi connectivity index (χ4v) is 2.34. The van der Waals surface area contributed by atoms with E-state index in [-0.39, 0.29) is 24.5 Å². The van der Waals surface area contributed by atoms with Crippen molar-refractivity contribution >= 4 is 17.9 Å². The van der Waals surface area contributed by atoms with Crippen molar-refractivity contribution in [3.8, 4) is 0 Å². The molecule has 10 heteroatoms. The quantitative estimate of drug-likeness (QED) is 0.909. The average Bonchev–Trinajstić information content (AvgIpc) is 2.75. The number of carboxylic acids is 1. The number of anilines is 1. The van der Waals surface area contributed by atoms with Gasteiger partial charge >= 0.3 is 18.2 Å². The topological polar surface area (TPSA) is 86.6 Å². The molecule has 1 atom stereocenters. The molecule has 1 aromatic rings. The number of nitrogens with zero attached hydrogens (tertiary/aromatic N) is 4. The largest absolute Gasteiger partial charge is 0.480 e. The van der Waals surface area contributed by atoms with E-state index < -0.39 is 30.3 Å². The standard InChI is InChI=1S/C13H15F3N4O3/c1-7(2)9-5-20(12(23)19(9)6-10(21)22)11-17-3-8(4-18-11)13(14,15)16/h3-4,7,9H,5-6H2,1-2H3,(H,21,22)/t9-/m1/s1. The molecule has 126 valence electrons. The van der Waals surface area contributed by atoms with Crippen LogP contribution in [0, 0.1) is 5.92 Å². The van der Waals surface area contributed by atoms with Crippen molar-refractivity contribution in [2.24, 2.45) is 5.92 Å². The van der Waals surface area contributed by atoms with Gasteiger partial charge < -0.3 is 10.0 Å². The Hall–Kier alpha value is -2.39. The van der Waals surface area contributed by atoms with Crippen molar-refractivity contribution < 1.29 is 27.9 Å².